The molecule has 1 rings (SSSR count). The van der Waals surface area contributed by atoms with Crippen LogP contribution in [0.15, 0.2) is 22.7 Å². The van der Waals surface area contributed by atoms with E-state index in [1.165, 1.54) is 0 Å². The SMILES string of the molecule is O=Cc1cc(OCCF)ccc1Br. The maximum Gasteiger partial charge on any atom is 0.151 e. The van der Waals surface area contributed by atoms with Crippen molar-refractivity contribution < 1.29 is 13.9 Å². The number of aldehydes is 1. The summed E-state index contributed by atoms with van der Waals surface area (Å²) in [6.07, 6.45) is 0.715. The Hall–Kier alpha value is -0.900. The summed E-state index contributed by atoms with van der Waals surface area (Å²) in [6, 6.07) is 4.93. The van der Waals surface area contributed by atoms with Gasteiger partial charge in [-0.15, -0.1) is 0 Å². The summed E-state index contributed by atoms with van der Waals surface area (Å²) in [5, 5.41) is 0. The van der Waals surface area contributed by atoms with E-state index in [4.69, 9.17) is 4.74 Å². The van der Waals surface area contributed by atoms with Crippen LogP contribution in [0.1, 0.15) is 10.4 Å². The van der Waals surface area contributed by atoms with Crippen LogP contribution in [0.4, 0.5) is 4.39 Å². The predicted octanol–water partition coefficient (Wildman–Crippen LogP) is 2.61. The fraction of sp³-hybridized carbons (Fsp3) is 0.222. The van der Waals surface area contributed by atoms with Gasteiger partial charge in [-0.1, -0.05) is 15.9 Å². The molecule has 0 bridgehead atoms. The second kappa shape index (κ2) is 4.97. The summed E-state index contributed by atoms with van der Waals surface area (Å²) in [5.74, 6) is 0.503. The topological polar surface area (TPSA) is 26.3 Å². The van der Waals surface area contributed by atoms with Gasteiger partial charge in [0.15, 0.2) is 6.29 Å². The van der Waals surface area contributed by atoms with E-state index >= 15 is 0 Å². The molecular weight excluding hydrogens is 239 g/mol. The molecule has 0 fully saturated rings. The Kier molecular flexibility index (Phi) is 3.89. The molecule has 0 aromatic heterocycles. The van der Waals surface area contributed by atoms with Crippen LogP contribution < -0.4 is 4.74 Å². The first kappa shape index (κ1) is 10.2. The van der Waals surface area contributed by atoms with Gasteiger partial charge in [0.05, 0.1) is 0 Å². The zero-order valence-corrected chi connectivity index (χ0v) is 8.38. The number of ether oxygens (including phenoxy) is 1. The Labute approximate surface area is 83.8 Å². The Morgan fingerprint density at radius 1 is 1.54 bits per heavy atom. The fourth-order valence-electron chi connectivity index (χ4n) is 0.858. The maximum atomic E-state index is 11.7. The van der Waals surface area contributed by atoms with Gasteiger partial charge in [0.2, 0.25) is 0 Å². The van der Waals surface area contributed by atoms with Crippen LogP contribution in [-0.4, -0.2) is 19.6 Å². The van der Waals surface area contributed by atoms with Crippen molar-refractivity contribution in [2.45, 2.75) is 0 Å². The number of carbonyl (C=O) groups is 1. The smallest absolute Gasteiger partial charge is 0.151 e. The molecule has 0 saturated carbocycles. The van der Waals surface area contributed by atoms with Gasteiger partial charge in [0.25, 0.3) is 0 Å². The lowest BCUT2D eigenvalue weighted by Gasteiger charge is -2.04. The molecule has 0 unspecified atom stereocenters. The third-order valence-corrected chi connectivity index (χ3v) is 2.16. The summed E-state index contributed by atoms with van der Waals surface area (Å²) >= 11 is 3.20. The predicted molar refractivity (Wildman–Crippen MR) is 51.0 cm³/mol. The molecule has 0 aliphatic heterocycles. The Morgan fingerprint density at radius 3 is 2.92 bits per heavy atom. The lowest BCUT2D eigenvalue weighted by molar-refractivity contribution is 0.112. The van der Waals surface area contributed by atoms with Crippen LogP contribution in [0.25, 0.3) is 0 Å². The third-order valence-electron chi connectivity index (χ3n) is 1.44. The maximum absolute atomic E-state index is 11.7. The van der Waals surface area contributed by atoms with E-state index in [1.807, 2.05) is 0 Å². The number of alkyl halides is 1. The Bertz CT molecular complexity index is 302. The number of benzene rings is 1. The first-order chi connectivity index (χ1) is 6.27. The van der Waals surface area contributed by atoms with Gasteiger partial charge in [-0.25, -0.2) is 4.39 Å². The molecule has 0 aliphatic rings. The van der Waals surface area contributed by atoms with Gasteiger partial charge >= 0.3 is 0 Å². The Balaban J connectivity index is 2.80. The van der Waals surface area contributed by atoms with Crippen LogP contribution in [0, 0.1) is 0 Å². The molecule has 1 aromatic rings. The molecule has 0 N–H and O–H groups in total. The summed E-state index contributed by atoms with van der Waals surface area (Å²) in [7, 11) is 0. The number of hydrogen-bond acceptors (Lipinski definition) is 2. The van der Waals surface area contributed by atoms with Crippen LogP contribution in [-0.2, 0) is 0 Å². The zero-order valence-electron chi connectivity index (χ0n) is 6.80. The van der Waals surface area contributed by atoms with E-state index in [0.29, 0.717) is 22.1 Å². The van der Waals surface area contributed by atoms with E-state index < -0.39 is 6.67 Å². The number of hydrogen-bond donors (Lipinski definition) is 0. The van der Waals surface area contributed by atoms with Crippen molar-refractivity contribution in [1.82, 2.24) is 0 Å². The van der Waals surface area contributed by atoms with Gasteiger partial charge in [-0.05, 0) is 18.2 Å². The molecular formula is C9H8BrFO2. The van der Waals surface area contributed by atoms with E-state index in [-0.39, 0.29) is 6.61 Å². The van der Waals surface area contributed by atoms with Crippen molar-refractivity contribution in [2.75, 3.05) is 13.3 Å². The molecule has 0 spiro atoms. The van der Waals surface area contributed by atoms with Gasteiger partial charge in [0, 0.05) is 10.0 Å². The van der Waals surface area contributed by atoms with Gasteiger partial charge in [0.1, 0.15) is 19.0 Å². The first-order valence-corrected chi connectivity index (χ1v) is 4.50. The lowest BCUT2D eigenvalue weighted by Crippen LogP contribution is -1.99. The van der Waals surface area contributed by atoms with Crippen LogP contribution in [0.2, 0.25) is 0 Å². The summed E-state index contributed by atoms with van der Waals surface area (Å²) < 4.78 is 17.4. The third kappa shape index (κ3) is 2.81. The standard InChI is InChI=1S/C9H8BrFO2/c10-9-2-1-8(13-4-3-11)5-7(9)6-12/h1-2,5-6H,3-4H2. The molecule has 0 heterocycles. The summed E-state index contributed by atoms with van der Waals surface area (Å²) in [5.41, 5.74) is 0.497. The van der Waals surface area contributed by atoms with Crippen molar-refractivity contribution in [3.8, 4) is 5.75 Å². The van der Waals surface area contributed by atoms with E-state index in [0.717, 1.165) is 0 Å². The van der Waals surface area contributed by atoms with Crippen molar-refractivity contribution >= 4 is 22.2 Å². The highest BCUT2D eigenvalue weighted by Crippen LogP contribution is 2.20. The molecule has 13 heavy (non-hydrogen) atoms. The van der Waals surface area contributed by atoms with Crippen molar-refractivity contribution in [3.05, 3.63) is 28.2 Å². The second-order valence-electron chi connectivity index (χ2n) is 2.34. The largest absolute Gasteiger partial charge is 0.491 e. The van der Waals surface area contributed by atoms with Gasteiger partial charge in [-0.2, -0.15) is 0 Å². The minimum atomic E-state index is -0.535. The van der Waals surface area contributed by atoms with Gasteiger partial charge in [-0.3, -0.25) is 4.79 Å². The fourth-order valence-corrected chi connectivity index (χ4v) is 1.20. The first-order valence-electron chi connectivity index (χ1n) is 3.71. The molecule has 0 amide bonds. The second-order valence-corrected chi connectivity index (χ2v) is 3.19. The normalized spacial score (nSPS) is 9.69. The molecule has 0 saturated heterocycles. The Morgan fingerprint density at radius 2 is 2.31 bits per heavy atom. The van der Waals surface area contributed by atoms with Crippen molar-refractivity contribution in [1.29, 1.82) is 0 Å². The van der Waals surface area contributed by atoms with Crippen molar-refractivity contribution in [3.63, 3.8) is 0 Å². The molecule has 0 radical (unpaired) electrons. The summed E-state index contributed by atoms with van der Waals surface area (Å²) in [6.45, 7) is -0.521. The lowest BCUT2D eigenvalue weighted by atomic mass is 10.2. The molecule has 4 heteroatoms. The van der Waals surface area contributed by atoms with E-state index in [2.05, 4.69) is 15.9 Å². The van der Waals surface area contributed by atoms with E-state index in [9.17, 15) is 9.18 Å². The molecule has 0 aliphatic carbocycles. The van der Waals surface area contributed by atoms with Gasteiger partial charge < -0.3 is 4.74 Å². The number of halogens is 2. The zero-order chi connectivity index (χ0) is 9.68. The molecule has 2 nitrogen and oxygen atoms in total. The molecule has 70 valence electrons. The highest BCUT2D eigenvalue weighted by Gasteiger charge is 2.00. The minimum Gasteiger partial charge on any atom is -0.491 e. The monoisotopic (exact) mass is 246 g/mol. The summed E-state index contributed by atoms with van der Waals surface area (Å²) in [4.78, 5) is 10.5. The minimum absolute atomic E-state index is 0.0138. The molecule has 1 aromatic carbocycles. The number of rotatable bonds is 4. The molecule has 0 atom stereocenters. The average Bonchev–Trinajstić information content (AvgIpc) is 2.16. The number of carbonyl (C=O) groups excluding carboxylic acids is 1. The average molecular weight is 247 g/mol. The van der Waals surface area contributed by atoms with Crippen LogP contribution >= 0.6 is 15.9 Å². The van der Waals surface area contributed by atoms with Crippen LogP contribution in [0.5, 0.6) is 5.75 Å². The highest BCUT2D eigenvalue weighted by molar-refractivity contribution is 9.10. The van der Waals surface area contributed by atoms with Crippen LogP contribution in [0.3, 0.4) is 0 Å². The van der Waals surface area contributed by atoms with Crippen molar-refractivity contribution in [2.24, 2.45) is 0 Å². The van der Waals surface area contributed by atoms with E-state index in [1.54, 1.807) is 18.2 Å². The highest BCUT2D eigenvalue weighted by atomic mass is 79.9. The quantitative estimate of drug-likeness (QED) is 0.764.